The van der Waals surface area contributed by atoms with Gasteiger partial charge >= 0.3 is 5.97 Å². The minimum atomic E-state index is -0.876. The van der Waals surface area contributed by atoms with E-state index in [4.69, 9.17) is 9.47 Å². The second-order valence-electron chi connectivity index (χ2n) is 3.54. The Morgan fingerprint density at radius 1 is 1.47 bits per heavy atom. The van der Waals surface area contributed by atoms with Crippen molar-refractivity contribution in [3.8, 4) is 5.75 Å². The number of hydrogen-bond acceptors (Lipinski definition) is 4. The van der Waals surface area contributed by atoms with E-state index in [-0.39, 0.29) is 6.61 Å². The molecule has 1 N–H and O–H groups in total. The Kier molecular flexibility index (Phi) is 5.23. The fourth-order valence-electron chi connectivity index (χ4n) is 1.14. The second-order valence-corrected chi connectivity index (χ2v) is 3.54. The second kappa shape index (κ2) is 6.70. The molecule has 92 valence electrons. The topological polar surface area (TPSA) is 55.8 Å². The highest BCUT2D eigenvalue weighted by Gasteiger charge is 2.18. The van der Waals surface area contributed by atoms with Gasteiger partial charge in [0.25, 0.3) is 0 Å². The maximum absolute atomic E-state index is 10.9. The molecule has 0 bridgehead atoms. The van der Waals surface area contributed by atoms with Crippen molar-refractivity contribution in [1.29, 1.82) is 0 Å². The summed E-state index contributed by atoms with van der Waals surface area (Å²) in [6.07, 6.45) is -0.454. The van der Waals surface area contributed by atoms with Crippen LogP contribution in [0.15, 0.2) is 43.0 Å². The molecule has 0 saturated carbocycles. The van der Waals surface area contributed by atoms with E-state index in [0.717, 1.165) is 6.08 Å². The van der Waals surface area contributed by atoms with Gasteiger partial charge in [-0.25, -0.2) is 4.79 Å². The predicted molar refractivity (Wildman–Crippen MR) is 63.7 cm³/mol. The molecule has 4 heteroatoms. The van der Waals surface area contributed by atoms with E-state index in [0.29, 0.717) is 5.75 Å². The zero-order valence-corrected chi connectivity index (χ0v) is 9.70. The Bertz CT molecular complexity index is 361. The first-order chi connectivity index (χ1) is 8.13. The van der Waals surface area contributed by atoms with Crippen molar-refractivity contribution in [2.24, 2.45) is 0 Å². The summed E-state index contributed by atoms with van der Waals surface area (Å²) < 4.78 is 10.2. The van der Waals surface area contributed by atoms with Gasteiger partial charge in [-0.1, -0.05) is 24.8 Å². The summed E-state index contributed by atoms with van der Waals surface area (Å²) in [7, 11) is 0. The minimum Gasteiger partial charge on any atom is -0.491 e. The molecule has 0 spiro atoms. The number of benzene rings is 1. The van der Waals surface area contributed by atoms with Gasteiger partial charge in [0.1, 0.15) is 24.6 Å². The van der Waals surface area contributed by atoms with Crippen LogP contribution in [-0.2, 0) is 9.53 Å². The lowest BCUT2D eigenvalue weighted by Crippen LogP contribution is -2.33. The molecule has 1 aromatic rings. The summed E-state index contributed by atoms with van der Waals surface area (Å²) in [6, 6.07) is 9.11. The average molecular weight is 236 g/mol. The first-order valence-corrected chi connectivity index (χ1v) is 5.32. The van der Waals surface area contributed by atoms with Crippen LogP contribution in [0.3, 0.4) is 0 Å². The van der Waals surface area contributed by atoms with E-state index in [2.05, 4.69) is 6.58 Å². The zero-order chi connectivity index (χ0) is 12.7. The summed E-state index contributed by atoms with van der Waals surface area (Å²) in [5.74, 6) is 0.102. The van der Waals surface area contributed by atoms with Crippen molar-refractivity contribution in [2.45, 2.75) is 19.1 Å². The van der Waals surface area contributed by atoms with Gasteiger partial charge in [-0.2, -0.15) is 0 Å². The third-order valence-corrected chi connectivity index (χ3v) is 2.17. The Labute approximate surface area is 100 Å². The standard InChI is InChI=1S/C13H16O4/c1-3-13(15)17-10(2)12(14)9-16-11-7-5-4-6-8-11/h3-8,10,12,14H,1,9H2,2H3. The minimum absolute atomic E-state index is 0.0651. The van der Waals surface area contributed by atoms with Crippen molar-refractivity contribution >= 4 is 5.97 Å². The van der Waals surface area contributed by atoms with Gasteiger partial charge < -0.3 is 14.6 Å². The number of para-hydroxylation sites is 1. The molecule has 1 rings (SSSR count). The SMILES string of the molecule is C=CC(=O)OC(C)C(O)COc1ccccc1. The van der Waals surface area contributed by atoms with Crippen LogP contribution in [0.5, 0.6) is 5.75 Å². The lowest BCUT2D eigenvalue weighted by atomic mass is 10.2. The van der Waals surface area contributed by atoms with Crippen LogP contribution in [0.2, 0.25) is 0 Å². The van der Waals surface area contributed by atoms with E-state index in [1.165, 1.54) is 0 Å². The highest BCUT2D eigenvalue weighted by molar-refractivity contribution is 5.81. The van der Waals surface area contributed by atoms with E-state index < -0.39 is 18.2 Å². The normalized spacial score (nSPS) is 13.5. The van der Waals surface area contributed by atoms with E-state index >= 15 is 0 Å². The van der Waals surface area contributed by atoms with Crippen LogP contribution in [0, 0.1) is 0 Å². The molecule has 0 aromatic heterocycles. The first-order valence-electron chi connectivity index (χ1n) is 5.32. The molecule has 0 heterocycles. The van der Waals surface area contributed by atoms with E-state index in [1.807, 2.05) is 18.2 Å². The van der Waals surface area contributed by atoms with Crippen molar-refractivity contribution in [3.05, 3.63) is 43.0 Å². The Morgan fingerprint density at radius 3 is 2.71 bits per heavy atom. The number of rotatable bonds is 6. The summed E-state index contributed by atoms with van der Waals surface area (Å²) in [5, 5.41) is 9.69. The maximum atomic E-state index is 10.9. The van der Waals surface area contributed by atoms with Crippen molar-refractivity contribution in [3.63, 3.8) is 0 Å². The van der Waals surface area contributed by atoms with Crippen molar-refractivity contribution in [2.75, 3.05) is 6.61 Å². The summed E-state index contributed by atoms with van der Waals surface area (Å²) >= 11 is 0. The number of aliphatic hydroxyl groups excluding tert-OH is 1. The molecule has 0 saturated heterocycles. The molecule has 0 aliphatic heterocycles. The smallest absolute Gasteiger partial charge is 0.330 e. The molecular weight excluding hydrogens is 220 g/mol. The number of ether oxygens (including phenoxy) is 2. The maximum Gasteiger partial charge on any atom is 0.330 e. The summed E-state index contributed by atoms with van der Waals surface area (Å²) in [4.78, 5) is 10.9. The highest BCUT2D eigenvalue weighted by atomic mass is 16.6. The quantitative estimate of drug-likeness (QED) is 0.601. The van der Waals surface area contributed by atoms with Gasteiger partial charge in [0, 0.05) is 6.08 Å². The molecule has 2 atom stereocenters. The molecule has 1 aromatic carbocycles. The fraction of sp³-hybridized carbons (Fsp3) is 0.308. The van der Waals surface area contributed by atoms with Gasteiger partial charge in [0.2, 0.25) is 0 Å². The lowest BCUT2D eigenvalue weighted by Gasteiger charge is -2.19. The molecule has 17 heavy (non-hydrogen) atoms. The molecule has 0 radical (unpaired) electrons. The Hall–Kier alpha value is -1.81. The third kappa shape index (κ3) is 4.70. The number of carbonyl (C=O) groups is 1. The van der Waals surface area contributed by atoms with Crippen molar-refractivity contribution in [1.82, 2.24) is 0 Å². The highest BCUT2D eigenvalue weighted by Crippen LogP contribution is 2.10. The van der Waals surface area contributed by atoms with Gasteiger partial charge in [0.05, 0.1) is 0 Å². The van der Waals surface area contributed by atoms with Crippen LogP contribution in [0.4, 0.5) is 0 Å². The molecular formula is C13H16O4. The molecule has 0 aliphatic carbocycles. The van der Waals surface area contributed by atoms with Gasteiger partial charge in [0.15, 0.2) is 0 Å². The van der Waals surface area contributed by atoms with Gasteiger partial charge in [-0.05, 0) is 19.1 Å². The number of hydrogen-bond donors (Lipinski definition) is 1. The zero-order valence-electron chi connectivity index (χ0n) is 9.70. The average Bonchev–Trinajstić information content (AvgIpc) is 2.36. The van der Waals surface area contributed by atoms with Crippen LogP contribution in [0.1, 0.15) is 6.92 Å². The van der Waals surface area contributed by atoms with Crippen molar-refractivity contribution < 1.29 is 19.4 Å². The van der Waals surface area contributed by atoms with E-state index in [9.17, 15) is 9.90 Å². The number of carbonyl (C=O) groups excluding carboxylic acids is 1. The third-order valence-electron chi connectivity index (χ3n) is 2.17. The molecule has 0 fully saturated rings. The monoisotopic (exact) mass is 236 g/mol. The Morgan fingerprint density at radius 2 is 2.12 bits per heavy atom. The van der Waals surface area contributed by atoms with Crippen LogP contribution in [-0.4, -0.2) is 29.9 Å². The van der Waals surface area contributed by atoms with Gasteiger partial charge in [-0.15, -0.1) is 0 Å². The van der Waals surface area contributed by atoms with Gasteiger partial charge in [-0.3, -0.25) is 0 Å². The summed E-state index contributed by atoms with van der Waals surface area (Å²) in [6.45, 7) is 4.94. The predicted octanol–water partition coefficient (Wildman–Crippen LogP) is 1.54. The van der Waals surface area contributed by atoms with Crippen LogP contribution in [0.25, 0.3) is 0 Å². The first kappa shape index (κ1) is 13.3. The largest absolute Gasteiger partial charge is 0.491 e. The van der Waals surface area contributed by atoms with Crippen LogP contribution >= 0.6 is 0 Å². The molecule has 0 amide bonds. The molecule has 0 aliphatic rings. The molecule has 2 unspecified atom stereocenters. The van der Waals surface area contributed by atoms with Crippen LogP contribution < -0.4 is 4.74 Å². The molecule has 4 nitrogen and oxygen atoms in total. The lowest BCUT2D eigenvalue weighted by molar-refractivity contribution is -0.148. The number of esters is 1. The number of aliphatic hydroxyl groups is 1. The Balaban J connectivity index is 2.36. The fourth-order valence-corrected chi connectivity index (χ4v) is 1.14. The van der Waals surface area contributed by atoms with E-state index in [1.54, 1.807) is 19.1 Å². The summed E-state index contributed by atoms with van der Waals surface area (Å²) in [5.41, 5.74) is 0.